The van der Waals surface area contributed by atoms with Gasteiger partial charge < -0.3 is 24.0 Å². The zero-order valence-electron chi connectivity index (χ0n) is 17.8. The van der Waals surface area contributed by atoms with Crippen LogP contribution in [-0.4, -0.2) is 39.5 Å². The number of aliphatic hydroxyl groups excluding tert-OH is 1. The number of rotatable bonds is 11. The van der Waals surface area contributed by atoms with Gasteiger partial charge >= 0.3 is 0 Å². The lowest BCUT2D eigenvalue weighted by Crippen LogP contribution is -2.28. The number of nitrogens with one attached hydrogen (secondary N) is 1. The molecule has 0 bridgehead atoms. The highest BCUT2D eigenvalue weighted by molar-refractivity contribution is 7.80. The zero-order chi connectivity index (χ0) is 23.6. The third-order valence-electron chi connectivity index (χ3n) is 4.88. The van der Waals surface area contributed by atoms with Crippen molar-refractivity contribution in [2.45, 2.75) is 13.0 Å². The van der Waals surface area contributed by atoms with Crippen molar-refractivity contribution in [3.8, 4) is 5.75 Å². The van der Waals surface area contributed by atoms with E-state index in [1.807, 2.05) is 30.3 Å². The second-order valence-corrected chi connectivity index (χ2v) is 8.39. The van der Waals surface area contributed by atoms with Gasteiger partial charge in [0, 0.05) is 40.6 Å². The molecular weight excluding hydrogens is 464 g/mol. The van der Waals surface area contributed by atoms with Crippen LogP contribution in [0.2, 0.25) is 5.02 Å². The van der Waals surface area contributed by atoms with Gasteiger partial charge in [-0.3, -0.25) is 9.00 Å². The van der Waals surface area contributed by atoms with Gasteiger partial charge in [-0.25, -0.2) is 0 Å². The minimum Gasteiger partial charge on any atom is -0.755 e. The minimum absolute atomic E-state index is 0.0551. The second kappa shape index (κ2) is 12.4. The fourth-order valence-corrected chi connectivity index (χ4v) is 3.91. The molecule has 0 radical (unpaired) electrons. The number of hydrogen-bond donors (Lipinski definition) is 2. The van der Waals surface area contributed by atoms with Crippen molar-refractivity contribution in [2.75, 3.05) is 24.1 Å². The summed E-state index contributed by atoms with van der Waals surface area (Å²) in [6.07, 6.45) is 0.458. The van der Waals surface area contributed by atoms with Crippen LogP contribution in [0.1, 0.15) is 21.5 Å². The molecule has 2 N–H and O–H groups in total. The molecule has 0 fully saturated rings. The maximum atomic E-state index is 12.5. The number of benzene rings is 3. The molecule has 3 aromatic carbocycles. The fourth-order valence-electron chi connectivity index (χ4n) is 3.14. The van der Waals surface area contributed by atoms with Crippen LogP contribution in [0.25, 0.3) is 0 Å². The summed E-state index contributed by atoms with van der Waals surface area (Å²) in [5.74, 6) is 0.373. The summed E-state index contributed by atoms with van der Waals surface area (Å²) in [5.41, 5.74) is 2.64. The van der Waals surface area contributed by atoms with Crippen molar-refractivity contribution >= 4 is 34.5 Å². The number of amides is 1. The summed E-state index contributed by atoms with van der Waals surface area (Å²) >= 11 is 3.69. The Morgan fingerprint density at radius 3 is 2.39 bits per heavy atom. The summed E-state index contributed by atoms with van der Waals surface area (Å²) in [6.45, 7) is 0.725. The SMILES string of the molecule is O=C(NCc1ccc(OCCO)cc1)c1ccc(N(CCc2ccccc2Cl)S(=O)[O-])cc1. The predicted molar refractivity (Wildman–Crippen MR) is 128 cm³/mol. The summed E-state index contributed by atoms with van der Waals surface area (Å²) in [7, 11) is 0. The van der Waals surface area contributed by atoms with E-state index < -0.39 is 11.3 Å². The van der Waals surface area contributed by atoms with Crippen LogP contribution in [0.4, 0.5) is 5.69 Å². The molecule has 0 saturated carbocycles. The molecule has 0 aliphatic rings. The average molecular weight is 488 g/mol. The quantitative estimate of drug-likeness (QED) is 0.403. The number of nitrogens with zero attached hydrogens (tertiary/aromatic N) is 1. The molecule has 0 spiro atoms. The van der Waals surface area contributed by atoms with Gasteiger partial charge in [0.25, 0.3) is 5.91 Å². The highest BCUT2D eigenvalue weighted by Crippen LogP contribution is 2.20. The largest absolute Gasteiger partial charge is 0.755 e. The van der Waals surface area contributed by atoms with Crippen molar-refractivity contribution < 1.29 is 23.4 Å². The first-order valence-electron chi connectivity index (χ1n) is 10.3. The van der Waals surface area contributed by atoms with Crippen LogP contribution in [0.5, 0.6) is 5.75 Å². The van der Waals surface area contributed by atoms with Crippen LogP contribution in [0, 0.1) is 0 Å². The summed E-state index contributed by atoms with van der Waals surface area (Å²) in [6, 6.07) is 20.9. The maximum Gasteiger partial charge on any atom is 0.251 e. The van der Waals surface area contributed by atoms with E-state index in [-0.39, 0.29) is 25.7 Å². The number of aliphatic hydroxyl groups is 1. The Kier molecular flexibility index (Phi) is 9.26. The van der Waals surface area contributed by atoms with E-state index in [0.29, 0.717) is 35.0 Å². The average Bonchev–Trinajstić information content (AvgIpc) is 2.83. The molecule has 3 rings (SSSR count). The van der Waals surface area contributed by atoms with Gasteiger partial charge in [0.2, 0.25) is 0 Å². The van der Waals surface area contributed by atoms with E-state index in [1.54, 1.807) is 42.5 Å². The maximum absolute atomic E-state index is 12.5. The summed E-state index contributed by atoms with van der Waals surface area (Å²) < 4.78 is 30.1. The Morgan fingerprint density at radius 1 is 1.06 bits per heavy atom. The standard InChI is InChI=1S/C24H25ClN2O5S/c25-23-4-2-1-3-19(23)13-14-27(33(30)31)21-9-7-20(8-10-21)24(29)26-17-18-5-11-22(12-6-18)32-16-15-28/h1-12,28H,13-17H2,(H,26,29)(H,30,31)/p-1. The van der Waals surface area contributed by atoms with Crippen LogP contribution in [0.3, 0.4) is 0 Å². The predicted octanol–water partition coefficient (Wildman–Crippen LogP) is 3.48. The van der Waals surface area contributed by atoms with Crippen molar-refractivity contribution in [1.82, 2.24) is 5.32 Å². The Labute approximate surface area is 200 Å². The molecule has 7 nitrogen and oxygen atoms in total. The number of halogens is 1. The molecule has 3 aromatic rings. The zero-order valence-corrected chi connectivity index (χ0v) is 19.3. The second-order valence-electron chi connectivity index (χ2n) is 7.11. The molecule has 174 valence electrons. The molecule has 0 aliphatic carbocycles. The van der Waals surface area contributed by atoms with Gasteiger partial charge in [-0.1, -0.05) is 41.9 Å². The molecule has 1 atom stereocenters. The molecule has 0 aromatic heterocycles. The Balaban J connectivity index is 1.57. The van der Waals surface area contributed by atoms with E-state index in [9.17, 15) is 13.6 Å². The number of hydrogen-bond acceptors (Lipinski definition) is 5. The van der Waals surface area contributed by atoms with E-state index in [4.69, 9.17) is 21.4 Å². The molecule has 9 heteroatoms. The first-order valence-corrected chi connectivity index (χ1v) is 11.7. The van der Waals surface area contributed by atoms with Crippen LogP contribution >= 0.6 is 11.6 Å². The van der Waals surface area contributed by atoms with Crippen molar-refractivity contribution in [3.63, 3.8) is 0 Å². The molecular formula is C24H24ClN2O5S-. The van der Waals surface area contributed by atoms with Crippen LogP contribution in [0.15, 0.2) is 72.8 Å². The van der Waals surface area contributed by atoms with E-state index >= 15 is 0 Å². The van der Waals surface area contributed by atoms with Gasteiger partial charge in [-0.15, -0.1) is 0 Å². The highest BCUT2D eigenvalue weighted by atomic mass is 35.5. The third kappa shape index (κ3) is 7.30. The van der Waals surface area contributed by atoms with E-state index in [2.05, 4.69) is 5.32 Å². The van der Waals surface area contributed by atoms with Gasteiger partial charge in [-0.2, -0.15) is 0 Å². The molecule has 0 saturated heterocycles. The van der Waals surface area contributed by atoms with Crippen molar-refractivity contribution in [1.29, 1.82) is 0 Å². The smallest absolute Gasteiger partial charge is 0.251 e. The molecule has 0 heterocycles. The van der Waals surface area contributed by atoms with Gasteiger partial charge in [0.15, 0.2) is 0 Å². The monoisotopic (exact) mass is 487 g/mol. The van der Waals surface area contributed by atoms with E-state index in [0.717, 1.165) is 11.1 Å². The van der Waals surface area contributed by atoms with Crippen LogP contribution < -0.4 is 14.4 Å². The Morgan fingerprint density at radius 2 is 1.76 bits per heavy atom. The summed E-state index contributed by atoms with van der Waals surface area (Å²) in [4.78, 5) is 12.5. The normalized spacial score (nSPS) is 11.6. The van der Waals surface area contributed by atoms with Crippen molar-refractivity contribution in [2.24, 2.45) is 0 Å². The number of ether oxygens (including phenoxy) is 1. The topological polar surface area (TPSA) is 102 Å². The van der Waals surface area contributed by atoms with E-state index in [1.165, 1.54) is 4.31 Å². The highest BCUT2D eigenvalue weighted by Gasteiger charge is 2.11. The fraction of sp³-hybridized carbons (Fsp3) is 0.208. The lowest BCUT2D eigenvalue weighted by Gasteiger charge is -2.26. The van der Waals surface area contributed by atoms with Gasteiger partial charge in [-0.05, 0) is 60.0 Å². The lowest BCUT2D eigenvalue weighted by atomic mass is 10.1. The Bertz CT molecular complexity index is 1080. The first kappa shape index (κ1) is 24.7. The van der Waals surface area contributed by atoms with Gasteiger partial charge in [0.1, 0.15) is 12.4 Å². The number of carbonyl (C=O) groups is 1. The molecule has 1 amide bonds. The summed E-state index contributed by atoms with van der Waals surface area (Å²) in [5, 5.41) is 12.2. The minimum atomic E-state index is -2.47. The number of carbonyl (C=O) groups excluding carboxylic acids is 1. The molecule has 0 aliphatic heterocycles. The molecule has 33 heavy (non-hydrogen) atoms. The lowest BCUT2D eigenvalue weighted by molar-refractivity contribution is 0.0951. The van der Waals surface area contributed by atoms with Gasteiger partial charge in [0.05, 0.1) is 6.61 Å². The Hall–Kier alpha value is -2.91. The molecule has 1 unspecified atom stereocenters. The van der Waals surface area contributed by atoms with Crippen molar-refractivity contribution in [3.05, 3.63) is 94.5 Å². The third-order valence-corrected chi connectivity index (χ3v) is 6.00. The number of anilines is 1. The van der Waals surface area contributed by atoms with Crippen LogP contribution in [-0.2, 0) is 24.2 Å². The first-order chi connectivity index (χ1) is 16.0.